The van der Waals surface area contributed by atoms with Gasteiger partial charge in [-0.1, -0.05) is 194 Å². The van der Waals surface area contributed by atoms with Gasteiger partial charge >= 0.3 is 0 Å². The third kappa shape index (κ3) is 5.74. The number of benzene rings is 11. The molecule has 0 amide bonds. The molecule has 0 saturated carbocycles. The topological polar surface area (TPSA) is 8.17 Å². The predicted molar refractivity (Wildman–Crippen MR) is 273 cm³/mol. The molecule has 12 aromatic rings. The number of aromatic nitrogens is 1. The van der Waals surface area contributed by atoms with Crippen LogP contribution in [-0.2, 0) is 5.41 Å². The molecule has 2 nitrogen and oxygen atoms in total. The summed E-state index contributed by atoms with van der Waals surface area (Å²) in [5.41, 5.74) is 16.5. The minimum absolute atomic E-state index is 0.461. The normalized spacial score (nSPS) is 12.7. The van der Waals surface area contributed by atoms with E-state index in [1.807, 2.05) is 0 Å². The van der Waals surface area contributed by atoms with Crippen molar-refractivity contribution in [1.29, 1.82) is 0 Å². The van der Waals surface area contributed by atoms with Crippen LogP contribution in [0.3, 0.4) is 0 Å². The zero-order valence-electron chi connectivity index (χ0n) is 35.6. The van der Waals surface area contributed by atoms with Gasteiger partial charge in [0.15, 0.2) is 0 Å². The molecular formula is C63H42N2. The molecule has 1 aromatic heterocycles. The van der Waals surface area contributed by atoms with Crippen molar-refractivity contribution in [3.63, 3.8) is 0 Å². The van der Waals surface area contributed by atoms with Crippen molar-refractivity contribution in [3.8, 4) is 27.9 Å². The Bertz CT molecular complexity index is 3670. The fourth-order valence-electron chi connectivity index (χ4n) is 11.0. The van der Waals surface area contributed by atoms with Crippen molar-refractivity contribution in [2.75, 3.05) is 4.90 Å². The Labute approximate surface area is 378 Å². The van der Waals surface area contributed by atoms with Crippen molar-refractivity contribution in [1.82, 2.24) is 4.57 Å². The van der Waals surface area contributed by atoms with Gasteiger partial charge in [-0.05, 0) is 127 Å². The highest BCUT2D eigenvalue weighted by Crippen LogP contribution is 2.56. The second-order valence-corrected chi connectivity index (χ2v) is 17.2. The van der Waals surface area contributed by atoms with Crippen LogP contribution in [0.5, 0.6) is 0 Å². The minimum atomic E-state index is -0.461. The summed E-state index contributed by atoms with van der Waals surface area (Å²) in [5, 5.41) is 7.51. The first-order valence-electron chi connectivity index (χ1n) is 22.5. The number of hydrogen-bond donors (Lipinski definition) is 0. The second kappa shape index (κ2) is 14.8. The largest absolute Gasteiger partial charge is 0.310 e. The van der Waals surface area contributed by atoms with Crippen LogP contribution in [0.4, 0.5) is 17.1 Å². The maximum Gasteiger partial charge on any atom is 0.0713 e. The Morgan fingerprint density at radius 2 is 0.831 bits per heavy atom. The van der Waals surface area contributed by atoms with E-state index in [1.165, 1.54) is 87.9 Å². The third-order valence-electron chi connectivity index (χ3n) is 13.8. The molecule has 2 heteroatoms. The van der Waals surface area contributed by atoms with Gasteiger partial charge in [-0.25, -0.2) is 0 Å². The lowest BCUT2D eigenvalue weighted by molar-refractivity contribution is 0.768. The van der Waals surface area contributed by atoms with Gasteiger partial charge in [-0.3, -0.25) is 0 Å². The van der Waals surface area contributed by atoms with Crippen LogP contribution in [0.1, 0.15) is 22.3 Å². The van der Waals surface area contributed by atoms with E-state index in [9.17, 15) is 0 Å². The van der Waals surface area contributed by atoms with Crippen LogP contribution in [0, 0.1) is 0 Å². The molecule has 0 spiro atoms. The molecular weight excluding hydrogens is 785 g/mol. The van der Waals surface area contributed by atoms with Gasteiger partial charge in [0, 0.05) is 33.5 Å². The summed E-state index contributed by atoms with van der Waals surface area (Å²) < 4.78 is 2.39. The molecule has 1 heterocycles. The predicted octanol–water partition coefficient (Wildman–Crippen LogP) is 16.6. The van der Waals surface area contributed by atoms with E-state index >= 15 is 0 Å². The first-order chi connectivity index (χ1) is 32.2. The Hall–Kier alpha value is -8.46. The van der Waals surface area contributed by atoms with E-state index in [4.69, 9.17) is 0 Å². The van der Waals surface area contributed by atoms with E-state index in [0.717, 1.165) is 22.7 Å². The Morgan fingerprint density at radius 3 is 1.52 bits per heavy atom. The highest BCUT2D eigenvalue weighted by atomic mass is 15.1. The summed E-state index contributed by atoms with van der Waals surface area (Å²) in [6, 6.07) is 93.8. The summed E-state index contributed by atoms with van der Waals surface area (Å²) in [4.78, 5) is 2.41. The van der Waals surface area contributed by atoms with Crippen LogP contribution in [0.25, 0.3) is 71.3 Å². The van der Waals surface area contributed by atoms with Crippen molar-refractivity contribution >= 4 is 60.4 Å². The average molecular weight is 827 g/mol. The van der Waals surface area contributed by atoms with E-state index < -0.39 is 5.41 Å². The lowest BCUT2D eigenvalue weighted by Gasteiger charge is -2.34. The fraction of sp³-hybridized carbons (Fsp3) is 0.0159. The quantitative estimate of drug-likeness (QED) is 0.145. The first-order valence-corrected chi connectivity index (χ1v) is 22.5. The molecule has 0 bridgehead atoms. The van der Waals surface area contributed by atoms with Gasteiger partial charge in [0.05, 0.1) is 16.4 Å². The Kier molecular flexibility index (Phi) is 8.47. The van der Waals surface area contributed by atoms with Crippen molar-refractivity contribution in [2.24, 2.45) is 0 Å². The van der Waals surface area contributed by atoms with Crippen LogP contribution in [0.2, 0.25) is 0 Å². The SMILES string of the molecule is c1ccc(C2(c3ccc(N(c4ccc(-c5cccc(-n6c7ccccc7c7ccccc76)c5)cc4)c4ccc5c(ccc6ccccc65)c4)cc3)c3ccccc3-c3ccccc32)cc1. The van der Waals surface area contributed by atoms with Crippen molar-refractivity contribution in [2.45, 2.75) is 5.41 Å². The lowest BCUT2D eigenvalue weighted by atomic mass is 9.68. The summed E-state index contributed by atoms with van der Waals surface area (Å²) in [7, 11) is 0. The third-order valence-corrected chi connectivity index (χ3v) is 13.8. The summed E-state index contributed by atoms with van der Waals surface area (Å²) in [6.45, 7) is 0. The molecule has 0 saturated heterocycles. The monoisotopic (exact) mass is 826 g/mol. The number of rotatable bonds is 7. The standard InChI is InChI=1S/C63H42N2/c1-2-17-47(18-3-1)63(59-25-10-6-21-55(59)56-22-7-11-26-60(56)63)48-33-37-50(38-34-48)64(52-39-40-54-46(42-52)30-29-44-15-4-5-20-53(44)54)49-35-31-43(32-36-49)45-16-14-19-51(41-45)65-61-27-12-8-23-57(61)58-24-9-13-28-62(58)65/h1-42H. The molecule has 0 fully saturated rings. The van der Waals surface area contributed by atoms with E-state index in [1.54, 1.807) is 0 Å². The summed E-state index contributed by atoms with van der Waals surface area (Å²) in [5.74, 6) is 0. The average Bonchev–Trinajstić information content (AvgIpc) is 3.88. The van der Waals surface area contributed by atoms with E-state index in [-0.39, 0.29) is 0 Å². The van der Waals surface area contributed by atoms with Crippen LogP contribution >= 0.6 is 0 Å². The molecule has 0 radical (unpaired) electrons. The van der Waals surface area contributed by atoms with Crippen molar-refractivity contribution in [3.05, 3.63) is 277 Å². The zero-order valence-corrected chi connectivity index (χ0v) is 35.6. The Morgan fingerprint density at radius 1 is 0.308 bits per heavy atom. The maximum absolute atomic E-state index is 2.41. The number of fused-ring (bicyclic) bond motifs is 9. The minimum Gasteiger partial charge on any atom is -0.310 e. The van der Waals surface area contributed by atoms with Gasteiger partial charge in [-0.15, -0.1) is 0 Å². The van der Waals surface area contributed by atoms with E-state index in [2.05, 4.69) is 264 Å². The van der Waals surface area contributed by atoms with E-state index in [0.29, 0.717) is 0 Å². The summed E-state index contributed by atoms with van der Waals surface area (Å²) >= 11 is 0. The van der Waals surface area contributed by atoms with Crippen LogP contribution < -0.4 is 4.90 Å². The molecule has 304 valence electrons. The number of anilines is 3. The number of nitrogens with zero attached hydrogens (tertiary/aromatic N) is 2. The number of hydrogen-bond acceptors (Lipinski definition) is 1. The molecule has 0 unspecified atom stereocenters. The lowest BCUT2D eigenvalue weighted by Crippen LogP contribution is -2.28. The molecule has 0 aliphatic heterocycles. The van der Waals surface area contributed by atoms with Crippen LogP contribution in [0.15, 0.2) is 255 Å². The fourth-order valence-corrected chi connectivity index (χ4v) is 11.0. The van der Waals surface area contributed by atoms with Gasteiger partial charge in [-0.2, -0.15) is 0 Å². The summed E-state index contributed by atoms with van der Waals surface area (Å²) in [6.07, 6.45) is 0. The maximum atomic E-state index is 2.41. The highest BCUT2D eigenvalue weighted by Gasteiger charge is 2.45. The van der Waals surface area contributed by atoms with Gasteiger partial charge in [0.2, 0.25) is 0 Å². The van der Waals surface area contributed by atoms with Crippen LogP contribution in [-0.4, -0.2) is 4.57 Å². The number of para-hydroxylation sites is 2. The van der Waals surface area contributed by atoms with Gasteiger partial charge in [0.25, 0.3) is 0 Å². The molecule has 0 atom stereocenters. The first kappa shape index (κ1) is 37.1. The molecule has 65 heavy (non-hydrogen) atoms. The highest BCUT2D eigenvalue weighted by molar-refractivity contribution is 6.10. The molecule has 1 aliphatic carbocycles. The Balaban J connectivity index is 0.943. The van der Waals surface area contributed by atoms with Gasteiger partial charge < -0.3 is 9.47 Å². The second-order valence-electron chi connectivity index (χ2n) is 17.2. The molecule has 1 aliphatic rings. The smallest absolute Gasteiger partial charge is 0.0713 e. The van der Waals surface area contributed by atoms with Gasteiger partial charge in [0.1, 0.15) is 0 Å². The molecule has 11 aromatic carbocycles. The molecule has 13 rings (SSSR count). The zero-order chi connectivity index (χ0) is 42.9. The van der Waals surface area contributed by atoms with Crippen molar-refractivity contribution < 1.29 is 0 Å². The molecule has 0 N–H and O–H groups in total.